The smallest absolute Gasteiger partial charge is 0.312 e. The van der Waals surface area contributed by atoms with Crippen molar-refractivity contribution >= 4 is 6.03 Å². The summed E-state index contributed by atoms with van der Waals surface area (Å²) in [6.45, 7) is 1.68. The van der Waals surface area contributed by atoms with Gasteiger partial charge in [0.25, 0.3) is 0 Å². The number of benzene rings is 1. The molecule has 0 fully saturated rings. The molecule has 2 amide bonds. The minimum absolute atomic E-state index is 0.308. The van der Waals surface area contributed by atoms with E-state index in [0.717, 1.165) is 13.0 Å². The van der Waals surface area contributed by atoms with Gasteiger partial charge in [0.05, 0.1) is 13.1 Å². The molecular formula is C11H16N3O+. The second-order valence-corrected chi connectivity index (χ2v) is 3.82. The van der Waals surface area contributed by atoms with Crippen LogP contribution in [0.2, 0.25) is 0 Å². The van der Waals surface area contributed by atoms with Gasteiger partial charge in [0.15, 0.2) is 0 Å². The van der Waals surface area contributed by atoms with Crippen LogP contribution < -0.4 is 16.4 Å². The fourth-order valence-electron chi connectivity index (χ4n) is 2.09. The van der Waals surface area contributed by atoms with E-state index in [4.69, 9.17) is 5.73 Å². The van der Waals surface area contributed by atoms with Crippen molar-refractivity contribution in [3.05, 3.63) is 35.4 Å². The van der Waals surface area contributed by atoms with Gasteiger partial charge in [0.2, 0.25) is 0 Å². The normalized spacial score (nSPS) is 19.3. The Kier molecular flexibility index (Phi) is 2.87. The number of carbonyl (C=O) groups excluding carboxylic acids is 1. The summed E-state index contributed by atoms with van der Waals surface area (Å²) in [6.07, 6.45) is 1.10. The molecule has 0 saturated heterocycles. The number of carbonyl (C=O) groups is 1. The SMILES string of the molecule is NC(=O)NC[C@H]1[NH2+]CCc2ccccc21. The minimum atomic E-state index is -0.452. The van der Waals surface area contributed by atoms with Gasteiger partial charge in [-0.05, 0) is 5.56 Å². The van der Waals surface area contributed by atoms with E-state index in [2.05, 4.69) is 28.8 Å². The molecule has 80 valence electrons. The Labute approximate surface area is 88.9 Å². The highest BCUT2D eigenvalue weighted by molar-refractivity contribution is 5.71. The maximum Gasteiger partial charge on any atom is 0.312 e. The van der Waals surface area contributed by atoms with Crippen LogP contribution in [0.3, 0.4) is 0 Å². The monoisotopic (exact) mass is 206 g/mol. The first kappa shape index (κ1) is 9.98. The Morgan fingerprint density at radius 2 is 2.33 bits per heavy atom. The summed E-state index contributed by atoms with van der Waals surface area (Å²) >= 11 is 0. The molecular weight excluding hydrogens is 190 g/mol. The molecule has 5 N–H and O–H groups in total. The van der Waals surface area contributed by atoms with E-state index in [9.17, 15) is 4.79 Å². The average Bonchev–Trinajstić information content (AvgIpc) is 2.26. The zero-order chi connectivity index (χ0) is 10.7. The molecule has 1 aromatic rings. The summed E-state index contributed by atoms with van der Waals surface area (Å²) in [7, 11) is 0. The quantitative estimate of drug-likeness (QED) is 0.600. The van der Waals surface area contributed by atoms with Crippen LogP contribution in [0.5, 0.6) is 0 Å². The number of urea groups is 1. The molecule has 0 radical (unpaired) electrons. The Morgan fingerprint density at radius 3 is 3.13 bits per heavy atom. The van der Waals surface area contributed by atoms with Gasteiger partial charge in [0, 0.05) is 12.0 Å². The summed E-state index contributed by atoms with van der Waals surface area (Å²) in [5.74, 6) is 0. The number of hydrogen-bond donors (Lipinski definition) is 3. The predicted octanol–water partition coefficient (Wildman–Crippen LogP) is -0.484. The van der Waals surface area contributed by atoms with Crippen LogP contribution in [0.1, 0.15) is 17.2 Å². The molecule has 4 heteroatoms. The first-order chi connectivity index (χ1) is 7.27. The van der Waals surface area contributed by atoms with Gasteiger partial charge in [0.1, 0.15) is 6.04 Å². The third-order valence-corrected chi connectivity index (χ3v) is 2.82. The Hall–Kier alpha value is -1.55. The molecule has 4 nitrogen and oxygen atoms in total. The molecule has 1 atom stereocenters. The van der Waals surface area contributed by atoms with Crippen LogP contribution in [0.25, 0.3) is 0 Å². The molecule has 0 spiro atoms. The highest BCUT2D eigenvalue weighted by Gasteiger charge is 2.22. The third-order valence-electron chi connectivity index (χ3n) is 2.82. The highest BCUT2D eigenvalue weighted by Crippen LogP contribution is 2.17. The largest absolute Gasteiger partial charge is 0.352 e. The lowest BCUT2D eigenvalue weighted by Gasteiger charge is -2.23. The minimum Gasteiger partial charge on any atom is -0.352 e. The van der Waals surface area contributed by atoms with Gasteiger partial charge >= 0.3 is 6.03 Å². The molecule has 1 heterocycles. The molecule has 0 unspecified atom stereocenters. The van der Waals surface area contributed by atoms with E-state index < -0.39 is 6.03 Å². The van der Waals surface area contributed by atoms with Crippen molar-refractivity contribution in [3.63, 3.8) is 0 Å². The van der Waals surface area contributed by atoms with Crippen LogP contribution in [-0.2, 0) is 6.42 Å². The number of rotatable bonds is 2. The van der Waals surface area contributed by atoms with E-state index in [-0.39, 0.29) is 0 Å². The lowest BCUT2D eigenvalue weighted by Crippen LogP contribution is -2.88. The van der Waals surface area contributed by atoms with Gasteiger partial charge in [-0.25, -0.2) is 4.79 Å². The number of nitrogens with one attached hydrogen (secondary N) is 1. The maximum absolute atomic E-state index is 10.7. The molecule has 0 saturated carbocycles. The van der Waals surface area contributed by atoms with Gasteiger partial charge in [-0.1, -0.05) is 24.3 Å². The second kappa shape index (κ2) is 4.31. The van der Waals surface area contributed by atoms with Crippen molar-refractivity contribution in [1.82, 2.24) is 5.32 Å². The lowest BCUT2D eigenvalue weighted by molar-refractivity contribution is -0.697. The lowest BCUT2D eigenvalue weighted by atomic mass is 9.94. The number of quaternary nitrogens is 1. The van der Waals surface area contributed by atoms with Crippen molar-refractivity contribution in [2.45, 2.75) is 12.5 Å². The first-order valence-corrected chi connectivity index (χ1v) is 5.22. The van der Waals surface area contributed by atoms with Gasteiger partial charge in [-0.3, -0.25) is 0 Å². The number of amides is 2. The summed E-state index contributed by atoms with van der Waals surface area (Å²) < 4.78 is 0. The zero-order valence-corrected chi connectivity index (χ0v) is 8.57. The molecule has 1 aliphatic rings. The summed E-state index contributed by atoms with van der Waals surface area (Å²) in [5.41, 5.74) is 7.77. The summed E-state index contributed by atoms with van der Waals surface area (Å²) in [5, 5.41) is 4.91. The fraction of sp³-hybridized carbons (Fsp3) is 0.364. The topological polar surface area (TPSA) is 71.7 Å². The Bertz CT molecular complexity index is 365. The van der Waals surface area contributed by atoms with Crippen LogP contribution >= 0.6 is 0 Å². The maximum atomic E-state index is 10.7. The van der Waals surface area contributed by atoms with E-state index in [0.29, 0.717) is 12.6 Å². The van der Waals surface area contributed by atoms with Crippen LogP contribution in [0.4, 0.5) is 4.79 Å². The summed E-state index contributed by atoms with van der Waals surface area (Å²) in [4.78, 5) is 10.7. The van der Waals surface area contributed by atoms with E-state index in [1.54, 1.807) is 0 Å². The molecule has 0 bridgehead atoms. The fourth-order valence-corrected chi connectivity index (χ4v) is 2.09. The van der Waals surface area contributed by atoms with E-state index >= 15 is 0 Å². The number of primary amides is 1. The third kappa shape index (κ3) is 2.27. The highest BCUT2D eigenvalue weighted by atomic mass is 16.2. The molecule has 0 aliphatic carbocycles. The molecule has 0 aromatic heterocycles. The van der Waals surface area contributed by atoms with Gasteiger partial charge < -0.3 is 16.4 Å². The van der Waals surface area contributed by atoms with E-state index in [1.165, 1.54) is 11.1 Å². The van der Waals surface area contributed by atoms with Crippen LogP contribution in [0, 0.1) is 0 Å². The first-order valence-electron chi connectivity index (χ1n) is 5.22. The number of hydrogen-bond acceptors (Lipinski definition) is 1. The Morgan fingerprint density at radius 1 is 1.53 bits per heavy atom. The van der Waals surface area contributed by atoms with Crippen molar-refractivity contribution in [2.75, 3.05) is 13.1 Å². The molecule has 1 aromatic carbocycles. The van der Waals surface area contributed by atoms with Gasteiger partial charge in [-0.2, -0.15) is 0 Å². The zero-order valence-electron chi connectivity index (χ0n) is 8.57. The average molecular weight is 206 g/mol. The van der Waals surface area contributed by atoms with Gasteiger partial charge in [-0.15, -0.1) is 0 Å². The van der Waals surface area contributed by atoms with Crippen molar-refractivity contribution in [2.24, 2.45) is 5.73 Å². The number of nitrogens with two attached hydrogens (primary N) is 2. The van der Waals surface area contributed by atoms with Crippen molar-refractivity contribution in [1.29, 1.82) is 0 Å². The van der Waals surface area contributed by atoms with Crippen molar-refractivity contribution in [3.8, 4) is 0 Å². The number of fused-ring (bicyclic) bond motifs is 1. The second-order valence-electron chi connectivity index (χ2n) is 3.82. The van der Waals surface area contributed by atoms with Crippen LogP contribution in [0.15, 0.2) is 24.3 Å². The molecule has 2 rings (SSSR count). The Balaban J connectivity index is 2.11. The molecule has 1 aliphatic heterocycles. The molecule has 15 heavy (non-hydrogen) atoms. The van der Waals surface area contributed by atoms with Crippen molar-refractivity contribution < 1.29 is 10.1 Å². The van der Waals surface area contributed by atoms with Crippen LogP contribution in [-0.4, -0.2) is 19.1 Å². The van der Waals surface area contributed by atoms with E-state index in [1.807, 2.05) is 6.07 Å². The summed E-state index contributed by atoms with van der Waals surface area (Å²) in [6, 6.07) is 8.23. The standard InChI is InChI=1S/C11H15N3O/c12-11(15)14-7-10-9-4-2-1-3-8(9)5-6-13-10/h1-4,10,13H,5-7H2,(H3,12,14,15)/p+1/t10-/m1/s1. The predicted molar refractivity (Wildman–Crippen MR) is 57.3 cm³/mol.